The van der Waals surface area contributed by atoms with Crippen LogP contribution >= 0.6 is 0 Å². The molecule has 0 heterocycles. The van der Waals surface area contributed by atoms with Crippen LogP contribution in [0, 0.1) is 0 Å². The molecule has 0 aliphatic heterocycles. The molecule has 0 unspecified atom stereocenters. The number of aliphatic hydroxyl groups excluding tert-OH is 1. The van der Waals surface area contributed by atoms with E-state index in [1.807, 2.05) is 30.3 Å². The van der Waals surface area contributed by atoms with Gasteiger partial charge in [-0.15, -0.1) is 13.2 Å². The summed E-state index contributed by atoms with van der Waals surface area (Å²) in [6, 6.07) is 9.77. The van der Waals surface area contributed by atoms with Crippen molar-refractivity contribution in [1.82, 2.24) is 0 Å². The van der Waals surface area contributed by atoms with Gasteiger partial charge in [0.05, 0.1) is 12.7 Å². The molecule has 1 aromatic carbocycles. The van der Waals surface area contributed by atoms with E-state index in [0.717, 1.165) is 5.56 Å². The van der Waals surface area contributed by atoms with Crippen LogP contribution in [0.4, 0.5) is 0 Å². The molecule has 1 aromatic rings. The normalized spacial score (nSPS) is 14.5. The third-order valence-electron chi connectivity index (χ3n) is 3.42. The number of carbonyl (C=O) groups excluding carboxylic acids is 1. The molecule has 0 aliphatic carbocycles. The summed E-state index contributed by atoms with van der Waals surface area (Å²) in [5.41, 5.74) is 1.05. The van der Waals surface area contributed by atoms with E-state index < -0.39 is 12.2 Å². The van der Waals surface area contributed by atoms with Crippen molar-refractivity contribution in [3.05, 3.63) is 61.2 Å². The third kappa shape index (κ3) is 7.77. The summed E-state index contributed by atoms with van der Waals surface area (Å²) >= 11 is 0. The van der Waals surface area contributed by atoms with Crippen molar-refractivity contribution < 1.29 is 19.4 Å². The number of benzene rings is 1. The van der Waals surface area contributed by atoms with Gasteiger partial charge >= 0.3 is 5.97 Å². The number of esters is 1. The Balaban J connectivity index is 2.37. The second-order valence-corrected chi connectivity index (χ2v) is 5.41. The molecule has 0 saturated heterocycles. The monoisotopic (exact) mass is 318 g/mol. The molecule has 4 heteroatoms. The van der Waals surface area contributed by atoms with Crippen molar-refractivity contribution in [3.8, 4) is 0 Å². The average molecular weight is 318 g/mol. The van der Waals surface area contributed by atoms with Gasteiger partial charge in [-0.3, -0.25) is 4.79 Å². The smallest absolute Gasteiger partial charge is 0.306 e. The largest absolute Gasteiger partial charge is 0.460 e. The minimum Gasteiger partial charge on any atom is -0.460 e. The number of carbonyl (C=O) groups is 1. The Morgan fingerprint density at radius 3 is 2.61 bits per heavy atom. The van der Waals surface area contributed by atoms with Crippen LogP contribution in [-0.4, -0.2) is 29.4 Å². The van der Waals surface area contributed by atoms with Gasteiger partial charge in [0, 0.05) is 6.42 Å². The molecule has 23 heavy (non-hydrogen) atoms. The van der Waals surface area contributed by atoms with Crippen LogP contribution < -0.4 is 0 Å². The number of aliphatic hydroxyl groups is 1. The molecule has 0 aliphatic rings. The number of hydrogen-bond acceptors (Lipinski definition) is 4. The average Bonchev–Trinajstić information content (AvgIpc) is 2.55. The van der Waals surface area contributed by atoms with Crippen molar-refractivity contribution >= 4 is 5.97 Å². The zero-order chi connectivity index (χ0) is 17.1. The maximum atomic E-state index is 11.8. The molecular weight excluding hydrogens is 292 g/mol. The zero-order valence-electron chi connectivity index (χ0n) is 13.7. The quantitative estimate of drug-likeness (QED) is 0.502. The first-order chi connectivity index (χ1) is 11.1. The first-order valence-electron chi connectivity index (χ1n) is 7.83. The highest BCUT2D eigenvalue weighted by Crippen LogP contribution is 2.12. The van der Waals surface area contributed by atoms with Gasteiger partial charge in [0.2, 0.25) is 0 Å². The van der Waals surface area contributed by atoms with Gasteiger partial charge in [0.25, 0.3) is 0 Å². The summed E-state index contributed by atoms with van der Waals surface area (Å²) < 4.78 is 11.1. The lowest BCUT2D eigenvalue weighted by Crippen LogP contribution is -2.29. The Bertz CT molecular complexity index is 483. The Labute approximate surface area is 138 Å². The highest BCUT2D eigenvalue weighted by Gasteiger charge is 2.19. The minimum absolute atomic E-state index is 0.169. The number of hydrogen-bond donors (Lipinski definition) is 1. The predicted octanol–water partition coefficient (Wildman–Crippen LogP) is 3.41. The molecule has 0 aromatic heterocycles. The molecule has 0 bridgehead atoms. The van der Waals surface area contributed by atoms with Crippen molar-refractivity contribution in [1.29, 1.82) is 0 Å². The summed E-state index contributed by atoms with van der Waals surface area (Å²) in [4.78, 5) is 11.8. The Kier molecular flexibility index (Phi) is 8.95. The summed E-state index contributed by atoms with van der Waals surface area (Å²) in [6.07, 6.45) is 2.90. The van der Waals surface area contributed by atoms with E-state index in [2.05, 4.69) is 13.2 Å². The molecule has 3 atom stereocenters. The second kappa shape index (κ2) is 10.8. The fraction of sp³-hybridized carbons (Fsp3) is 0.421. The van der Waals surface area contributed by atoms with E-state index in [-0.39, 0.29) is 18.5 Å². The Morgan fingerprint density at radius 1 is 1.30 bits per heavy atom. The van der Waals surface area contributed by atoms with Crippen molar-refractivity contribution in [3.63, 3.8) is 0 Å². The summed E-state index contributed by atoms with van der Waals surface area (Å²) in [5.74, 6) is -0.351. The first kappa shape index (κ1) is 19.1. The van der Waals surface area contributed by atoms with Gasteiger partial charge in [-0.05, 0) is 25.3 Å². The van der Waals surface area contributed by atoms with Crippen molar-refractivity contribution in [2.45, 2.75) is 51.1 Å². The molecular formula is C19H26O4. The van der Waals surface area contributed by atoms with Gasteiger partial charge in [0.15, 0.2) is 0 Å². The van der Waals surface area contributed by atoms with E-state index in [1.54, 1.807) is 19.1 Å². The second-order valence-electron chi connectivity index (χ2n) is 5.41. The molecule has 4 nitrogen and oxygen atoms in total. The van der Waals surface area contributed by atoms with Crippen LogP contribution in [0.15, 0.2) is 55.6 Å². The molecule has 0 amide bonds. The van der Waals surface area contributed by atoms with Crippen LogP contribution in [0.1, 0.15) is 31.7 Å². The lowest BCUT2D eigenvalue weighted by Gasteiger charge is -2.22. The van der Waals surface area contributed by atoms with Crippen LogP contribution in [0.5, 0.6) is 0 Å². The maximum Gasteiger partial charge on any atom is 0.306 e. The minimum atomic E-state index is -0.556. The van der Waals surface area contributed by atoms with E-state index in [1.165, 1.54) is 0 Å². The summed E-state index contributed by atoms with van der Waals surface area (Å²) in [5, 5.41) is 9.58. The SMILES string of the molecule is C=CC[C@@H](O)CCC(=O)O[C@H](C)[C@@H](C=C)OCc1ccccc1. The number of rotatable bonds is 11. The van der Waals surface area contributed by atoms with E-state index in [9.17, 15) is 9.90 Å². The highest BCUT2D eigenvalue weighted by atomic mass is 16.6. The molecule has 0 saturated carbocycles. The maximum absolute atomic E-state index is 11.8. The van der Waals surface area contributed by atoms with Crippen molar-refractivity contribution in [2.75, 3.05) is 0 Å². The van der Waals surface area contributed by atoms with Gasteiger partial charge in [0.1, 0.15) is 12.2 Å². The van der Waals surface area contributed by atoms with Gasteiger partial charge in [-0.25, -0.2) is 0 Å². The van der Waals surface area contributed by atoms with E-state index >= 15 is 0 Å². The molecule has 1 N–H and O–H groups in total. The van der Waals surface area contributed by atoms with Crippen LogP contribution in [0.3, 0.4) is 0 Å². The Morgan fingerprint density at radius 2 is 2.00 bits per heavy atom. The Hall–Kier alpha value is -1.91. The lowest BCUT2D eigenvalue weighted by molar-refractivity contribution is -0.155. The molecule has 0 fully saturated rings. The topological polar surface area (TPSA) is 55.8 Å². The molecule has 0 radical (unpaired) electrons. The fourth-order valence-corrected chi connectivity index (χ4v) is 2.09. The summed E-state index contributed by atoms with van der Waals surface area (Å²) in [7, 11) is 0. The zero-order valence-corrected chi connectivity index (χ0v) is 13.7. The number of ether oxygens (including phenoxy) is 2. The van der Waals surface area contributed by atoms with Crippen LogP contribution in [0.2, 0.25) is 0 Å². The molecule has 0 spiro atoms. The predicted molar refractivity (Wildman–Crippen MR) is 90.8 cm³/mol. The van der Waals surface area contributed by atoms with Gasteiger partial charge in [-0.1, -0.05) is 42.5 Å². The standard InChI is InChI=1S/C19H26O4/c1-4-9-17(20)12-13-19(21)23-15(3)18(5-2)22-14-16-10-7-6-8-11-16/h4-8,10-11,15,17-18,20H,1-2,9,12-14H2,3H3/t15-,17-,18-/m1/s1. The summed E-state index contributed by atoms with van der Waals surface area (Å²) in [6.45, 7) is 9.49. The lowest BCUT2D eigenvalue weighted by atomic mass is 10.1. The highest BCUT2D eigenvalue weighted by molar-refractivity contribution is 5.69. The van der Waals surface area contributed by atoms with Gasteiger partial charge < -0.3 is 14.6 Å². The van der Waals surface area contributed by atoms with E-state index in [4.69, 9.17) is 9.47 Å². The van der Waals surface area contributed by atoms with Gasteiger partial charge in [-0.2, -0.15) is 0 Å². The first-order valence-corrected chi connectivity index (χ1v) is 7.83. The third-order valence-corrected chi connectivity index (χ3v) is 3.42. The fourth-order valence-electron chi connectivity index (χ4n) is 2.09. The molecule has 126 valence electrons. The van der Waals surface area contributed by atoms with Crippen LogP contribution in [-0.2, 0) is 20.9 Å². The molecule has 1 rings (SSSR count). The van der Waals surface area contributed by atoms with Crippen molar-refractivity contribution in [2.24, 2.45) is 0 Å². The van der Waals surface area contributed by atoms with Crippen LogP contribution in [0.25, 0.3) is 0 Å². The van der Waals surface area contributed by atoms with E-state index in [0.29, 0.717) is 19.4 Å².